The zero-order valence-electron chi connectivity index (χ0n) is 20.9. The topological polar surface area (TPSA) is 55.8 Å². The van der Waals surface area contributed by atoms with Crippen molar-refractivity contribution >= 4 is 5.97 Å². The van der Waals surface area contributed by atoms with Crippen LogP contribution in [0, 0.1) is 5.82 Å². The maximum atomic E-state index is 14.8. The number of hydrogen-bond acceptors (Lipinski definition) is 3. The highest BCUT2D eigenvalue weighted by molar-refractivity contribution is 5.71. The first-order chi connectivity index (χ1) is 16.7. The van der Waals surface area contributed by atoms with Crippen molar-refractivity contribution in [1.29, 1.82) is 0 Å². The number of hydrogen-bond donors (Lipinski definition) is 1. The summed E-state index contributed by atoms with van der Waals surface area (Å²) in [6.07, 6.45) is 1.92. The third-order valence-electron chi connectivity index (χ3n) is 6.58. The SMILES string of the molecule is CCOc1ccc(F)c(-c2ccc(COc3ccc4c(c3)[C@@H](CC(=O)O)CC4)cc2C(C)(C)C)c1. The van der Waals surface area contributed by atoms with Gasteiger partial charge in [-0.25, -0.2) is 4.39 Å². The van der Waals surface area contributed by atoms with Gasteiger partial charge in [0.2, 0.25) is 0 Å². The van der Waals surface area contributed by atoms with Crippen LogP contribution in [0.4, 0.5) is 4.39 Å². The lowest BCUT2D eigenvalue weighted by molar-refractivity contribution is -0.137. The molecule has 0 aromatic heterocycles. The second-order valence-electron chi connectivity index (χ2n) is 10.2. The lowest BCUT2D eigenvalue weighted by Gasteiger charge is -2.25. The van der Waals surface area contributed by atoms with E-state index in [1.807, 2.05) is 37.3 Å². The Morgan fingerprint density at radius 1 is 1.00 bits per heavy atom. The molecule has 4 nitrogen and oxygen atoms in total. The van der Waals surface area contributed by atoms with E-state index >= 15 is 0 Å². The third kappa shape index (κ3) is 5.67. The fourth-order valence-corrected chi connectivity index (χ4v) is 4.85. The van der Waals surface area contributed by atoms with Gasteiger partial charge >= 0.3 is 5.97 Å². The number of carboxylic acid groups (broad SMARTS) is 1. The first kappa shape index (κ1) is 24.8. The Morgan fingerprint density at radius 2 is 1.74 bits per heavy atom. The summed E-state index contributed by atoms with van der Waals surface area (Å²) in [7, 11) is 0. The molecular formula is C30H33FO4. The molecule has 4 rings (SSSR count). The molecule has 0 unspecified atom stereocenters. The Bertz CT molecular complexity index is 1230. The van der Waals surface area contributed by atoms with Crippen LogP contribution in [0.1, 0.15) is 68.7 Å². The maximum absolute atomic E-state index is 14.8. The van der Waals surface area contributed by atoms with Crippen LogP contribution in [0.5, 0.6) is 11.5 Å². The average molecular weight is 477 g/mol. The van der Waals surface area contributed by atoms with Gasteiger partial charge in [-0.2, -0.15) is 0 Å². The van der Waals surface area contributed by atoms with Crippen molar-refractivity contribution in [3.05, 3.63) is 82.7 Å². The number of rotatable bonds is 8. The fourth-order valence-electron chi connectivity index (χ4n) is 4.85. The summed E-state index contributed by atoms with van der Waals surface area (Å²) in [6, 6.07) is 16.9. The van der Waals surface area contributed by atoms with E-state index in [2.05, 4.69) is 26.8 Å². The zero-order valence-corrected chi connectivity index (χ0v) is 20.9. The molecule has 5 heteroatoms. The van der Waals surface area contributed by atoms with E-state index in [1.54, 1.807) is 12.1 Å². The highest BCUT2D eigenvalue weighted by Gasteiger charge is 2.25. The number of carboxylic acids is 1. The summed E-state index contributed by atoms with van der Waals surface area (Å²) in [5, 5.41) is 9.21. The molecule has 0 amide bonds. The second kappa shape index (κ2) is 10.1. The van der Waals surface area contributed by atoms with Crippen LogP contribution in [0.15, 0.2) is 54.6 Å². The summed E-state index contributed by atoms with van der Waals surface area (Å²) in [4.78, 5) is 11.2. The van der Waals surface area contributed by atoms with Gasteiger partial charge in [0.05, 0.1) is 13.0 Å². The van der Waals surface area contributed by atoms with E-state index in [-0.39, 0.29) is 23.6 Å². The molecule has 0 spiro atoms. The largest absolute Gasteiger partial charge is 0.494 e. The summed E-state index contributed by atoms with van der Waals surface area (Å²) >= 11 is 0. The van der Waals surface area contributed by atoms with Crippen LogP contribution < -0.4 is 9.47 Å². The van der Waals surface area contributed by atoms with Crippen molar-refractivity contribution < 1.29 is 23.8 Å². The molecule has 1 aliphatic carbocycles. The van der Waals surface area contributed by atoms with E-state index < -0.39 is 5.97 Å². The van der Waals surface area contributed by atoms with Crippen LogP contribution in [0.3, 0.4) is 0 Å². The predicted molar refractivity (Wildman–Crippen MR) is 136 cm³/mol. The van der Waals surface area contributed by atoms with Crippen molar-refractivity contribution in [3.8, 4) is 22.6 Å². The molecule has 0 heterocycles. The Morgan fingerprint density at radius 3 is 2.46 bits per heavy atom. The van der Waals surface area contributed by atoms with E-state index in [0.717, 1.165) is 40.8 Å². The summed E-state index contributed by atoms with van der Waals surface area (Å²) < 4.78 is 26.6. The van der Waals surface area contributed by atoms with E-state index in [9.17, 15) is 14.3 Å². The monoisotopic (exact) mass is 476 g/mol. The number of halogens is 1. The summed E-state index contributed by atoms with van der Waals surface area (Å²) in [5.41, 5.74) is 5.46. The summed E-state index contributed by atoms with van der Waals surface area (Å²) in [5.74, 6) is 0.372. The average Bonchev–Trinajstić information content (AvgIpc) is 3.20. The molecule has 0 aliphatic heterocycles. The van der Waals surface area contributed by atoms with Gasteiger partial charge in [0.1, 0.15) is 23.9 Å². The molecular weight excluding hydrogens is 443 g/mol. The van der Waals surface area contributed by atoms with Crippen LogP contribution in [0.2, 0.25) is 0 Å². The van der Waals surface area contributed by atoms with Crippen LogP contribution in [0.25, 0.3) is 11.1 Å². The molecule has 0 saturated carbocycles. The van der Waals surface area contributed by atoms with E-state index in [4.69, 9.17) is 9.47 Å². The fraction of sp³-hybridized carbons (Fsp3) is 0.367. The molecule has 0 fully saturated rings. The van der Waals surface area contributed by atoms with Gasteiger partial charge in [0, 0.05) is 5.56 Å². The second-order valence-corrected chi connectivity index (χ2v) is 10.2. The first-order valence-corrected chi connectivity index (χ1v) is 12.2. The normalized spacial score (nSPS) is 15.1. The predicted octanol–water partition coefficient (Wildman–Crippen LogP) is 7.27. The quantitative estimate of drug-likeness (QED) is 0.371. The molecule has 35 heavy (non-hydrogen) atoms. The van der Waals surface area contributed by atoms with Crippen molar-refractivity contribution in [2.75, 3.05) is 6.61 Å². The highest BCUT2D eigenvalue weighted by atomic mass is 19.1. The highest BCUT2D eigenvalue weighted by Crippen LogP contribution is 2.39. The molecule has 184 valence electrons. The minimum absolute atomic E-state index is 0.0418. The number of carbonyl (C=O) groups is 1. The molecule has 3 aromatic rings. The zero-order chi connectivity index (χ0) is 25.2. The van der Waals surface area contributed by atoms with Crippen LogP contribution in [-0.2, 0) is 23.2 Å². The van der Waals surface area contributed by atoms with Crippen molar-refractivity contribution in [2.24, 2.45) is 0 Å². The number of ether oxygens (including phenoxy) is 2. The number of benzene rings is 3. The number of fused-ring (bicyclic) bond motifs is 1. The third-order valence-corrected chi connectivity index (χ3v) is 6.58. The molecule has 0 radical (unpaired) electrons. The summed E-state index contributed by atoms with van der Waals surface area (Å²) in [6.45, 7) is 9.14. The van der Waals surface area contributed by atoms with Crippen molar-refractivity contribution in [2.45, 2.75) is 64.9 Å². The minimum Gasteiger partial charge on any atom is -0.494 e. The minimum atomic E-state index is -0.771. The molecule has 1 atom stereocenters. The van der Waals surface area contributed by atoms with E-state index in [1.165, 1.54) is 11.6 Å². The molecule has 0 saturated heterocycles. The standard InChI is InChI=1S/C30H33FO4/c1-5-34-22-11-13-28(31)26(17-22)24-12-6-19(14-27(24)30(2,3)4)18-35-23-10-9-20-7-8-21(15-29(32)33)25(20)16-23/h6,9-14,16-17,21H,5,7-8,15,18H2,1-4H3,(H,32,33)/t21-/m1/s1. The molecule has 1 aliphatic rings. The maximum Gasteiger partial charge on any atom is 0.303 e. The molecule has 1 N–H and O–H groups in total. The van der Waals surface area contributed by atoms with Crippen molar-refractivity contribution in [3.63, 3.8) is 0 Å². The Hall–Kier alpha value is -3.34. The Labute approximate surface area is 206 Å². The van der Waals surface area contributed by atoms with Crippen LogP contribution >= 0.6 is 0 Å². The van der Waals surface area contributed by atoms with Gasteiger partial charge in [-0.3, -0.25) is 4.79 Å². The lowest BCUT2D eigenvalue weighted by atomic mass is 9.81. The number of aryl methyl sites for hydroxylation is 1. The Balaban J connectivity index is 1.59. The van der Waals surface area contributed by atoms with E-state index in [0.29, 0.717) is 24.5 Å². The van der Waals surface area contributed by atoms with Gasteiger partial charge in [0.15, 0.2) is 0 Å². The lowest BCUT2D eigenvalue weighted by Crippen LogP contribution is -2.14. The van der Waals surface area contributed by atoms with Gasteiger partial charge in [-0.05, 0) is 89.2 Å². The number of aliphatic carboxylic acids is 1. The first-order valence-electron chi connectivity index (χ1n) is 12.2. The van der Waals surface area contributed by atoms with Gasteiger partial charge in [-0.15, -0.1) is 0 Å². The smallest absolute Gasteiger partial charge is 0.303 e. The van der Waals surface area contributed by atoms with Crippen molar-refractivity contribution in [1.82, 2.24) is 0 Å². The van der Waals surface area contributed by atoms with Crippen LogP contribution in [-0.4, -0.2) is 17.7 Å². The molecule has 0 bridgehead atoms. The van der Waals surface area contributed by atoms with Gasteiger partial charge in [0.25, 0.3) is 0 Å². The van der Waals surface area contributed by atoms with Gasteiger partial charge < -0.3 is 14.6 Å². The molecule has 3 aromatic carbocycles. The van der Waals surface area contributed by atoms with Gasteiger partial charge in [-0.1, -0.05) is 45.0 Å². The Kier molecular flexibility index (Phi) is 7.15.